The first kappa shape index (κ1) is 74.0. The van der Waals surface area contributed by atoms with Crippen molar-refractivity contribution in [3.05, 3.63) is 102 Å². The lowest BCUT2D eigenvalue weighted by molar-refractivity contribution is 0.251. The predicted octanol–water partition coefficient (Wildman–Crippen LogP) is 21.8. The van der Waals surface area contributed by atoms with E-state index in [4.69, 9.17) is 0 Å². The standard InChI is InChI=1S/C77H122N8O4/c1-7-11-15-19-23-27-31-35-39-43-55-77(56-44-40-36-32-28-24-20-16-12-8-2)69-59-63(47-51-65-61(5)80-73(82-71(65)86)84-75(88)78-57-45-41-37-33-29-25-21-17-13-9-3)49-53-67(69)68-54-50-64(60-70(68)77)48-52-66-62(6)81-74(83-72(66)87)85-76(89)79-58-46-42-38-34-30-26-22-18-14-10-4/h47-54,59-60H,7-46,55-58H2,1-6H3,(H3,78,80,82,84,86,88)(H3,79,81,83,85,87,89)/b51-47+,52-48+. The smallest absolute Gasteiger partial charge is 0.321 e. The number of fused-ring (bicyclic) bond motifs is 3. The van der Waals surface area contributed by atoms with Crippen molar-refractivity contribution in [2.24, 2.45) is 0 Å². The molecule has 0 bridgehead atoms. The minimum Gasteiger partial charge on any atom is -0.338 e. The van der Waals surface area contributed by atoms with Crippen molar-refractivity contribution in [3.8, 4) is 11.1 Å². The van der Waals surface area contributed by atoms with E-state index >= 15 is 0 Å². The van der Waals surface area contributed by atoms with Crippen LogP contribution in [0.1, 0.15) is 342 Å². The Hall–Kier alpha value is -5.78. The van der Waals surface area contributed by atoms with Crippen molar-refractivity contribution in [3.63, 3.8) is 0 Å². The van der Waals surface area contributed by atoms with Gasteiger partial charge in [-0.25, -0.2) is 9.59 Å². The fourth-order valence-electron chi connectivity index (χ4n) is 13.2. The van der Waals surface area contributed by atoms with Crippen LogP contribution in [0.15, 0.2) is 46.0 Å². The average molecular weight is 1220 g/mol. The van der Waals surface area contributed by atoms with Crippen molar-refractivity contribution >= 4 is 48.3 Å². The Morgan fingerprint density at radius 1 is 0.393 bits per heavy atom. The van der Waals surface area contributed by atoms with Gasteiger partial charge in [-0.3, -0.25) is 20.2 Å². The van der Waals surface area contributed by atoms with E-state index in [0.29, 0.717) is 35.6 Å². The largest absolute Gasteiger partial charge is 0.338 e. The molecule has 0 atom stereocenters. The Balaban J connectivity index is 1.33. The molecule has 2 aromatic carbocycles. The second-order valence-corrected chi connectivity index (χ2v) is 26.2. The van der Waals surface area contributed by atoms with E-state index in [2.05, 4.69) is 105 Å². The number of unbranched alkanes of at least 4 members (excludes halogenated alkanes) is 36. The summed E-state index contributed by atoms with van der Waals surface area (Å²) >= 11 is 0. The van der Waals surface area contributed by atoms with E-state index in [1.54, 1.807) is 0 Å². The molecular weight excluding hydrogens is 1100 g/mol. The zero-order chi connectivity index (χ0) is 63.6. The van der Waals surface area contributed by atoms with E-state index in [9.17, 15) is 19.2 Å². The molecule has 2 aromatic heterocycles. The van der Waals surface area contributed by atoms with Crippen LogP contribution < -0.4 is 32.4 Å². The monoisotopic (exact) mass is 1220 g/mol. The number of nitrogens with zero attached hydrogens (tertiary/aromatic N) is 2. The lowest BCUT2D eigenvalue weighted by Gasteiger charge is -2.33. The van der Waals surface area contributed by atoms with Gasteiger partial charge in [0.2, 0.25) is 11.9 Å². The average Bonchev–Trinajstić information content (AvgIpc) is 1.60. The van der Waals surface area contributed by atoms with Gasteiger partial charge in [-0.1, -0.05) is 320 Å². The van der Waals surface area contributed by atoms with Gasteiger partial charge < -0.3 is 20.6 Å². The molecule has 0 saturated heterocycles. The molecule has 0 spiro atoms. The van der Waals surface area contributed by atoms with Gasteiger partial charge in [-0.05, 0) is 85.1 Å². The van der Waals surface area contributed by atoms with Crippen LogP contribution >= 0.6 is 0 Å². The van der Waals surface area contributed by atoms with Gasteiger partial charge in [-0.2, -0.15) is 9.97 Å². The fraction of sp³-hybridized carbons (Fsp3) is 0.662. The summed E-state index contributed by atoms with van der Waals surface area (Å²) in [4.78, 5) is 67.9. The molecule has 4 amide bonds. The number of nitrogens with one attached hydrogen (secondary N) is 6. The van der Waals surface area contributed by atoms with Crippen LogP contribution in [0, 0.1) is 13.8 Å². The van der Waals surface area contributed by atoms with E-state index < -0.39 is 11.1 Å². The molecule has 2 heterocycles. The highest BCUT2D eigenvalue weighted by atomic mass is 16.2. The highest BCUT2D eigenvalue weighted by molar-refractivity contribution is 5.88. The zero-order valence-corrected chi connectivity index (χ0v) is 56.9. The van der Waals surface area contributed by atoms with Gasteiger partial charge >= 0.3 is 12.1 Å². The van der Waals surface area contributed by atoms with Crippen LogP contribution in [-0.2, 0) is 5.41 Å². The molecule has 89 heavy (non-hydrogen) atoms. The minimum atomic E-state index is -0.397. The van der Waals surface area contributed by atoms with Crippen molar-refractivity contribution < 1.29 is 9.59 Å². The number of benzene rings is 2. The van der Waals surface area contributed by atoms with Crippen LogP contribution in [0.2, 0.25) is 0 Å². The molecule has 0 saturated carbocycles. The number of anilines is 2. The van der Waals surface area contributed by atoms with Gasteiger partial charge in [0.25, 0.3) is 11.1 Å². The Morgan fingerprint density at radius 2 is 0.674 bits per heavy atom. The first-order valence-electron chi connectivity index (χ1n) is 36.5. The highest BCUT2D eigenvalue weighted by Gasteiger charge is 2.42. The number of H-pyrrole nitrogens is 2. The number of amides is 4. The summed E-state index contributed by atoms with van der Waals surface area (Å²) in [5, 5.41) is 11.4. The summed E-state index contributed by atoms with van der Waals surface area (Å²) in [5.74, 6) is 0.274. The molecule has 1 aliphatic carbocycles. The van der Waals surface area contributed by atoms with E-state index in [1.807, 2.05) is 38.2 Å². The quantitative estimate of drug-likeness (QED) is 0.0240. The van der Waals surface area contributed by atoms with Crippen LogP contribution in [0.4, 0.5) is 21.5 Å². The van der Waals surface area contributed by atoms with Crippen LogP contribution in [-0.4, -0.2) is 45.1 Å². The van der Waals surface area contributed by atoms with Crippen LogP contribution in [0.3, 0.4) is 0 Å². The molecule has 494 valence electrons. The SMILES string of the molecule is CCCCCCCCCCCCNC(=O)Nc1nc(=O)c(/C=C/c2ccc3c(c2)C(CCCCCCCCCCCC)(CCCCCCCCCCCC)c2cc(/C=C/c4c(C)[nH]c(NC(=O)NCCCCCCCCCCCC)nc4=O)ccc2-3)c(C)[nH]1. The van der Waals surface area contributed by atoms with Crippen molar-refractivity contribution in [2.75, 3.05) is 23.7 Å². The number of carbonyl (C=O) groups is 2. The van der Waals surface area contributed by atoms with Crippen LogP contribution in [0.25, 0.3) is 35.4 Å². The Labute approximate surface area is 539 Å². The maximum Gasteiger partial charge on any atom is 0.321 e. The molecule has 5 rings (SSSR count). The molecule has 0 aliphatic heterocycles. The third kappa shape index (κ3) is 27.7. The Kier molecular flexibility index (Phi) is 37.1. The molecule has 12 nitrogen and oxygen atoms in total. The molecule has 6 N–H and O–H groups in total. The topological polar surface area (TPSA) is 174 Å². The molecule has 0 unspecified atom stereocenters. The summed E-state index contributed by atoms with van der Waals surface area (Å²) < 4.78 is 0. The first-order valence-corrected chi connectivity index (χ1v) is 36.5. The minimum absolute atomic E-state index is 0.137. The lowest BCUT2D eigenvalue weighted by Crippen LogP contribution is -2.31. The number of hydrogen-bond acceptors (Lipinski definition) is 6. The second kappa shape index (κ2) is 44.6. The second-order valence-electron chi connectivity index (χ2n) is 26.2. The fourth-order valence-corrected chi connectivity index (χ4v) is 13.2. The molecule has 0 radical (unpaired) electrons. The molecule has 12 heteroatoms. The predicted molar refractivity (Wildman–Crippen MR) is 380 cm³/mol. The number of urea groups is 2. The Bertz CT molecular complexity index is 2620. The summed E-state index contributed by atoms with van der Waals surface area (Å²) in [7, 11) is 0. The Morgan fingerprint density at radius 3 is 0.966 bits per heavy atom. The zero-order valence-electron chi connectivity index (χ0n) is 56.9. The van der Waals surface area contributed by atoms with Crippen molar-refractivity contribution in [1.82, 2.24) is 30.6 Å². The lowest BCUT2D eigenvalue weighted by atomic mass is 9.70. The van der Waals surface area contributed by atoms with E-state index in [1.165, 1.54) is 241 Å². The van der Waals surface area contributed by atoms with Crippen LogP contribution in [0.5, 0.6) is 0 Å². The number of aromatic amines is 2. The summed E-state index contributed by atoms with van der Waals surface area (Å²) in [6, 6.07) is 12.9. The van der Waals surface area contributed by atoms with Gasteiger partial charge in [0, 0.05) is 29.9 Å². The van der Waals surface area contributed by atoms with Gasteiger partial charge in [0.05, 0.1) is 11.1 Å². The number of rotatable bonds is 50. The third-order valence-corrected chi connectivity index (χ3v) is 18.6. The van der Waals surface area contributed by atoms with Gasteiger partial charge in [0.15, 0.2) is 0 Å². The molecule has 0 fully saturated rings. The van der Waals surface area contributed by atoms with Gasteiger partial charge in [-0.15, -0.1) is 0 Å². The number of hydrogen-bond donors (Lipinski definition) is 6. The van der Waals surface area contributed by atoms with Crippen molar-refractivity contribution in [1.29, 1.82) is 0 Å². The number of aromatic nitrogens is 4. The van der Waals surface area contributed by atoms with E-state index in [0.717, 1.165) is 62.5 Å². The van der Waals surface area contributed by atoms with Crippen molar-refractivity contribution in [2.45, 2.75) is 317 Å². The number of carbonyl (C=O) groups excluding carboxylic acids is 2. The maximum absolute atomic E-state index is 13.7. The molecule has 4 aromatic rings. The number of aryl methyl sites for hydroxylation is 2. The van der Waals surface area contributed by atoms with E-state index in [-0.39, 0.29) is 29.4 Å². The molecule has 1 aliphatic rings. The third-order valence-electron chi connectivity index (χ3n) is 18.6. The summed E-state index contributed by atoms with van der Waals surface area (Å²) in [6.45, 7) is 13.9. The van der Waals surface area contributed by atoms with Gasteiger partial charge in [0.1, 0.15) is 0 Å². The summed E-state index contributed by atoms with van der Waals surface area (Å²) in [6.07, 6.45) is 60.1. The maximum atomic E-state index is 13.7. The first-order chi connectivity index (χ1) is 43.5. The molecular formula is C77H122N8O4. The normalized spacial score (nSPS) is 12.5. The highest BCUT2D eigenvalue weighted by Crippen LogP contribution is 2.55. The summed E-state index contributed by atoms with van der Waals surface area (Å²) in [5.41, 5.74) is 8.42.